The average Bonchev–Trinajstić information content (AvgIpc) is 2.45. The molecule has 0 amide bonds. The SMILES string of the molecule is C=C(CCC(=O)OCC)CC(N)(C(=O)OCC)C(=O)OCC. The van der Waals surface area contributed by atoms with E-state index in [-0.39, 0.29) is 45.1 Å². The van der Waals surface area contributed by atoms with Gasteiger partial charge in [-0.2, -0.15) is 0 Å². The van der Waals surface area contributed by atoms with Crippen molar-refractivity contribution in [1.29, 1.82) is 0 Å². The van der Waals surface area contributed by atoms with Crippen LogP contribution in [0.15, 0.2) is 12.2 Å². The number of carbonyl (C=O) groups excluding carboxylic acids is 3. The number of rotatable bonds is 10. The van der Waals surface area contributed by atoms with Crippen LogP contribution in [0.5, 0.6) is 0 Å². The van der Waals surface area contributed by atoms with E-state index in [4.69, 9.17) is 19.9 Å². The lowest BCUT2D eigenvalue weighted by molar-refractivity contribution is -0.164. The Hall–Kier alpha value is -1.89. The quantitative estimate of drug-likeness (QED) is 0.278. The van der Waals surface area contributed by atoms with Crippen molar-refractivity contribution in [3.05, 3.63) is 12.2 Å². The Morgan fingerprint density at radius 1 is 0.909 bits per heavy atom. The smallest absolute Gasteiger partial charge is 0.338 e. The Bertz CT molecular complexity index is 400. The lowest BCUT2D eigenvalue weighted by atomic mass is 9.90. The molecule has 2 N–H and O–H groups in total. The fourth-order valence-electron chi connectivity index (χ4n) is 1.74. The summed E-state index contributed by atoms with van der Waals surface area (Å²) in [6.07, 6.45) is 0.217. The third-order valence-electron chi connectivity index (χ3n) is 2.80. The highest BCUT2D eigenvalue weighted by atomic mass is 16.6. The van der Waals surface area contributed by atoms with Gasteiger partial charge in [-0.3, -0.25) is 4.79 Å². The van der Waals surface area contributed by atoms with Crippen LogP contribution in [0.2, 0.25) is 0 Å². The minimum Gasteiger partial charge on any atom is -0.466 e. The van der Waals surface area contributed by atoms with Crippen LogP contribution in [0.3, 0.4) is 0 Å². The molecule has 22 heavy (non-hydrogen) atoms. The first kappa shape index (κ1) is 20.1. The third-order valence-corrected chi connectivity index (χ3v) is 2.80. The van der Waals surface area contributed by atoms with Gasteiger partial charge in [0.05, 0.1) is 19.8 Å². The van der Waals surface area contributed by atoms with Gasteiger partial charge in [0, 0.05) is 12.8 Å². The molecule has 0 aromatic heterocycles. The molecule has 7 heteroatoms. The van der Waals surface area contributed by atoms with E-state index in [1.807, 2.05) is 0 Å². The van der Waals surface area contributed by atoms with Crippen LogP contribution in [-0.2, 0) is 28.6 Å². The number of hydrogen-bond donors (Lipinski definition) is 1. The maximum Gasteiger partial charge on any atom is 0.338 e. The molecule has 7 nitrogen and oxygen atoms in total. The summed E-state index contributed by atoms with van der Waals surface area (Å²) in [6, 6.07) is 0. The summed E-state index contributed by atoms with van der Waals surface area (Å²) in [4.78, 5) is 35.3. The number of esters is 3. The Balaban J connectivity index is 4.83. The first-order valence-electron chi connectivity index (χ1n) is 7.27. The Labute approximate surface area is 130 Å². The number of carbonyl (C=O) groups is 3. The largest absolute Gasteiger partial charge is 0.466 e. The lowest BCUT2D eigenvalue weighted by Gasteiger charge is -2.25. The summed E-state index contributed by atoms with van der Waals surface area (Å²) in [7, 11) is 0. The summed E-state index contributed by atoms with van der Waals surface area (Å²) in [5.41, 5.74) is 4.42. The van der Waals surface area contributed by atoms with Crippen molar-refractivity contribution >= 4 is 17.9 Å². The van der Waals surface area contributed by atoms with Gasteiger partial charge in [0.1, 0.15) is 0 Å². The van der Waals surface area contributed by atoms with Gasteiger partial charge in [0.2, 0.25) is 5.54 Å². The Morgan fingerprint density at radius 2 is 1.36 bits per heavy atom. The van der Waals surface area contributed by atoms with E-state index >= 15 is 0 Å². The van der Waals surface area contributed by atoms with Gasteiger partial charge < -0.3 is 19.9 Å². The van der Waals surface area contributed by atoms with Gasteiger partial charge in [0.15, 0.2) is 0 Å². The third kappa shape index (κ3) is 6.26. The molecule has 0 aliphatic rings. The van der Waals surface area contributed by atoms with E-state index in [1.165, 1.54) is 0 Å². The second-order valence-electron chi connectivity index (χ2n) is 4.64. The van der Waals surface area contributed by atoms with Crippen LogP contribution in [0.1, 0.15) is 40.0 Å². The monoisotopic (exact) mass is 315 g/mol. The molecule has 0 atom stereocenters. The lowest BCUT2D eigenvalue weighted by Crippen LogP contribution is -2.56. The van der Waals surface area contributed by atoms with Crippen LogP contribution in [0.25, 0.3) is 0 Å². The molecule has 0 spiro atoms. The minimum atomic E-state index is -1.95. The summed E-state index contributed by atoms with van der Waals surface area (Å²) >= 11 is 0. The van der Waals surface area contributed by atoms with E-state index in [0.717, 1.165) is 0 Å². The molecule has 0 aliphatic heterocycles. The molecule has 0 saturated heterocycles. The van der Waals surface area contributed by atoms with Gasteiger partial charge >= 0.3 is 17.9 Å². The van der Waals surface area contributed by atoms with Crippen molar-refractivity contribution in [3.8, 4) is 0 Å². The van der Waals surface area contributed by atoms with Crippen molar-refractivity contribution < 1.29 is 28.6 Å². The molecule has 0 aliphatic carbocycles. The molecule has 0 saturated carbocycles. The van der Waals surface area contributed by atoms with Crippen LogP contribution in [-0.4, -0.2) is 43.3 Å². The van der Waals surface area contributed by atoms with Crippen LogP contribution < -0.4 is 5.73 Å². The number of hydrogen-bond acceptors (Lipinski definition) is 7. The number of ether oxygens (including phenoxy) is 3. The molecular formula is C15H25NO6. The van der Waals surface area contributed by atoms with Gasteiger partial charge in [-0.15, -0.1) is 0 Å². The van der Waals surface area contributed by atoms with Gasteiger partial charge in [-0.05, 0) is 27.2 Å². The fraction of sp³-hybridized carbons (Fsp3) is 0.667. The molecule has 0 radical (unpaired) electrons. The predicted octanol–water partition coefficient (Wildman–Crippen LogP) is 1.10. The standard InChI is InChI=1S/C15H25NO6/c1-5-20-12(17)9-8-11(4)10-15(16,13(18)21-6-2)14(19)22-7-3/h4-10,16H2,1-3H3. The molecule has 0 fully saturated rings. The maximum atomic E-state index is 12.0. The molecule has 0 unspecified atom stereocenters. The average molecular weight is 315 g/mol. The molecule has 126 valence electrons. The van der Waals surface area contributed by atoms with E-state index < -0.39 is 17.5 Å². The van der Waals surface area contributed by atoms with Crippen LogP contribution in [0, 0.1) is 0 Å². The Kier molecular flexibility index (Phi) is 9.09. The zero-order chi connectivity index (χ0) is 17.2. The van der Waals surface area contributed by atoms with E-state index in [2.05, 4.69) is 6.58 Å². The maximum absolute atomic E-state index is 12.0. The normalized spacial score (nSPS) is 10.7. The van der Waals surface area contributed by atoms with Crippen molar-refractivity contribution in [3.63, 3.8) is 0 Å². The zero-order valence-electron chi connectivity index (χ0n) is 13.5. The van der Waals surface area contributed by atoms with E-state index in [1.54, 1.807) is 20.8 Å². The highest BCUT2D eigenvalue weighted by Crippen LogP contribution is 2.21. The predicted molar refractivity (Wildman–Crippen MR) is 79.8 cm³/mol. The molecule has 0 aromatic rings. The van der Waals surface area contributed by atoms with E-state index in [0.29, 0.717) is 5.57 Å². The van der Waals surface area contributed by atoms with Gasteiger partial charge in [-0.1, -0.05) is 12.2 Å². The summed E-state index contributed by atoms with van der Waals surface area (Å²) in [6.45, 7) is 9.15. The molecule has 0 rings (SSSR count). The van der Waals surface area contributed by atoms with Crippen LogP contribution in [0.4, 0.5) is 0 Å². The summed E-state index contributed by atoms with van der Waals surface area (Å²) in [5.74, 6) is -2.12. The van der Waals surface area contributed by atoms with Crippen LogP contribution >= 0.6 is 0 Å². The zero-order valence-corrected chi connectivity index (χ0v) is 13.5. The van der Waals surface area contributed by atoms with Crippen molar-refractivity contribution in [2.24, 2.45) is 5.73 Å². The van der Waals surface area contributed by atoms with Crippen molar-refractivity contribution in [2.45, 2.75) is 45.6 Å². The number of nitrogens with two attached hydrogens (primary N) is 1. The van der Waals surface area contributed by atoms with Gasteiger partial charge in [0.25, 0.3) is 0 Å². The van der Waals surface area contributed by atoms with Gasteiger partial charge in [-0.25, -0.2) is 9.59 Å². The molecule has 0 aromatic carbocycles. The minimum absolute atomic E-state index is 0.0898. The van der Waals surface area contributed by atoms with E-state index in [9.17, 15) is 14.4 Å². The topological polar surface area (TPSA) is 105 Å². The highest BCUT2D eigenvalue weighted by molar-refractivity contribution is 6.05. The molecule has 0 heterocycles. The second-order valence-corrected chi connectivity index (χ2v) is 4.64. The Morgan fingerprint density at radius 3 is 1.77 bits per heavy atom. The van der Waals surface area contributed by atoms with Crippen molar-refractivity contribution in [1.82, 2.24) is 0 Å². The first-order chi connectivity index (χ1) is 10.3. The highest BCUT2D eigenvalue weighted by Gasteiger charge is 2.45. The molecular weight excluding hydrogens is 290 g/mol. The van der Waals surface area contributed by atoms with Crippen molar-refractivity contribution in [2.75, 3.05) is 19.8 Å². The summed E-state index contributed by atoms with van der Waals surface area (Å²) < 4.78 is 14.5. The molecule has 0 bridgehead atoms. The fourth-order valence-corrected chi connectivity index (χ4v) is 1.74. The second kappa shape index (κ2) is 9.94. The first-order valence-corrected chi connectivity index (χ1v) is 7.27. The summed E-state index contributed by atoms with van der Waals surface area (Å²) in [5, 5.41) is 0.